The highest BCUT2D eigenvalue weighted by molar-refractivity contribution is 5.53. The van der Waals surface area contributed by atoms with Crippen LogP contribution in [0.4, 0.5) is 0 Å². The molecule has 2 aromatic heterocycles. The van der Waals surface area contributed by atoms with Crippen LogP contribution in [0.1, 0.15) is 30.3 Å². The lowest BCUT2D eigenvalue weighted by Gasteiger charge is -2.32. The monoisotopic (exact) mass is 301 g/mol. The first kappa shape index (κ1) is 15.1. The maximum atomic E-state index is 5.19. The highest BCUT2D eigenvalue weighted by Gasteiger charge is 2.23. The summed E-state index contributed by atoms with van der Waals surface area (Å²) in [6.07, 6.45) is 4.14. The van der Waals surface area contributed by atoms with Gasteiger partial charge in [0.1, 0.15) is 5.82 Å². The summed E-state index contributed by atoms with van der Waals surface area (Å²) in [5, 5.41) is 6.99. The molecule has 0 spiro atoms. The molecule has 1 fully saturated rings. The molecule has 1 aliphatic heterocycles. The van der Waals surface area contributed by atoms with E-state index < -0.39 is 0 Å². The van der Waals surface area contributed by atoms with Gasteiger partial charge in [0.05, 0.1) is 18.0 Å². The number of aryl methyl sites for hydroxylation is 1. The van der Waals surface area contributed by atoms with Gasteiger partial charge in [-0.2, -0.15) is 5.10 Å². The van der Waals surface area contributed by atoms with Crippen molar-refractivity contribution in [3.05, 3.63) is 29.8 Å². The minimum atomic E-state index is 0.467. The predicted molar refractivity (Wildman–Crippen MR) is 84.6 cm³/mol. The number of piperidine rings is 1. The summed E-state index contributed by atoms with van der Waals surface area (Å²) in [6.45, 7) is 5.92. The Balaban J connectivity index is 1.79. The van der Waals surface area contributed by atoms with E-state index in [2.05, 4.69) is 31.1 Å². The number of ether oxygens (including phenoxy) is 1. The third-order valence-corrected chi connectivity index (χ3v) is 4.17. The molecule has 3 heterocycles. The minimum absolute atomic E-state index is 0.467. The molecule has 0 saturated carbocycles. The lowest BCUT2D eigenvalue weighted by molar-refractivity contribution is 0.127. The van der Waals surface area contributed by atoms with Gasteiger partial charge < -0.3 is 9.64 Å². The second-order valence-corrected chi connectivity index (χ2v) is 5.83. The van der Waals surface area contributed by atoms with Gasteiger partial charge in [0, 0.05) is 38.0 Å². The summed E-state index contributed by atoms with van der Waals surface area (Å²) in [7, 11) is 1.76. The van der Waals surface area contributed by atoms with Crippen LogP contribution in [0.5, 0.6) is 0 Å². The quantitative estimate of drug-likeness (QED) is 0.915. The number of methoxy groups -OCH3 is 1. The largest absolute Gasteiger partial charge is 0.383 e. The number of hydrogen-bond donors (Lipinski definition) is 1. The third kappa shape index (κ3) is 3.51. The molecule has 1 atom stereocenters. The Bertz CT molecular complexity index is 599. The number of nitrogens with one attached hydrogen (secondary N) is 1. The van der Waals surface area contributed by atoms with Crippen molar-refractivity contribution < 1.29 is 4.74 Å². The molecule has 6 heteroatoms. The Hall–Kier alpha value is -1.79. The molecule has 0 aliphatic carbocycles. The average Bonchev–Trinajstić information content (AvgIpc) is 3.07. The molecular weight excluding hydrogens is 278 g/mol. The average molecular weight is 301 g/mol. The van der Waals surface area contributed by atoms with Gasteiger partial charge >= 0.3 is 0 Å². The number of nitrogens with zero attached hydrogens (tertiary/aromatic N) is 4. The molecule has 2 aromatic rings. The Morgan fingerprint density at radius 2 is 2.32 bits per heavy atom. The van der Waals surface area contributed by atoms with Crippen LogP contribution in [0.2, 0.25) is 0 Å². The van der Waals surface area contributed by atoms with Crippen molar-refractivity contribution >= 4 is 0 Å². The molecule has 22 heavy (non-hydrogen) atoms. The van der Waals surface area contributed by atoms with Crippen LogP contribution in [0.25, 0.3) is 11.4 Å². The van der Waals surface area contributed by atoms with E-state index in [1.807, 2.05) is 13.0 Å². The van der Waals surface area contributed by atoms with Gasteiger partial charge in [-0.1, -0.05) is 0 Å². The molecule has 1 saturated heterocycles. The maximum absolute atomic E-state index is 5.19. The van der Waals surface area contributed by atoms with Gasteiger partial charge in [0.2, 0.25) is 0 Å². The van der Waals surface area contributed by atoms with Crippen LogP contribution < -0.4 is 0 Å². The van der Waals surface area contributed by atoms with Gasteiger partial charge in [-0.05, 0) is 38.4 Å². The summed E-state index contributed by atoms with van der Waals surface area (Å²) in [4.78, 5) is 11.7. The minimum Gasteiger partial charge on any atom is -0.383 e. The van der Waals surface area contributed by atoms with E-state index >= 15 is 0 Å². The van der Waals surface area contributed by atoms with E-state index in [1.165, 1.54) is 12.8 Å². The van der Waals surface area contributed by atoms with E-state index in [4.69, 9.17) is 4.74 Å². The van der Waals surface area contributed by atoms with Crippen LogP contribution in [0.15, 0.2) is 18.3 Å². The molecule has 1 N–H and O–H groups in total. The van der Waals surface area contributed by atoms with Gasteiger partial charge in [-0.25, -0.2) is 9.97 Å². The van der Waals surface area contributed by atoms with E-state index in [0.29, 0.717) is 5.92 Å². The zero-order chi connectivity index (χ0) is 15.4. The SMILES string of the molecule is COCCN1CCCC(c2cc(-c3ccn[nH]3)nc(C)n2)C1. The number of aromatic amines is 1. The topological polar surface area (TPSA) is 66.9 Å². The smallest absolute Gasteiger partial charge is 0.126 e. The van der Waals surface area contributed by atoms with E-state index in [1.54, 1.807) is 13.3 Å². The van der Waals surface area contributed by atoms with Crippen molar-refractivity contribution in [2.75, 3.05) is 33.4 Å². The molecular formula is C16H23N5O. The number of H-pyrrole nitrogens is 1. The third-order valence-electron chi connectivity index (χ3n) is 4.17. The van der Waals surface area contributed by atoms with Crippen LogP contribution in [-0.4, -0.2) is 58.4 Å². The molecule has 0 radical (unpaired) electrons. The number of aromatic nitrogens is 4. The second-order valence-electron chi connectivity index (χ2n) is 5.83. The van der Waals surface area contributed by atoms with Crippen LogP contribution in [-0.2, 0) is 4.74 Å². The molecule has 1 unspecified atom stereocenters. The zero-order valence-electron chi connectivity index (χ0n) is 13.2. The normalized spacial score (nSPS) is 19.5. The standard InChI is InChI=1S/C16H23N5O/c1-12-18-15(10-16(19-12)14-5-6-17-20-14)13-4-3-7-21(11-13)8-9-22-2/h5-6,10,13H,3-4,7-9,11H2,1-2H3,(H,17,20). The van der Waals surface area contributed by atoms with Crippen molar-refractivity contribution in [2.24, 2.45) is 0 Å². The highest BCUT2D eigenvalue weighted by atomic mass is 16.5. The van der Waals surface area contributed by atoms with Crippen molar-refractivity contribution in [1.82, 2.24) is 25.1 Å². The summed E-state index contributed by atoms with van der Waals surface area (Å²) in [5.74, 6) is 1.28. The molecule has 0 aromatic carbocycles. The molecule has 1 aliphatic rings. The Kier molecular flexibility index (Phi) is 4.80. The summed E-state index contributed by atoms with van der Waals surface area (Å²) >= 11 is 0. The van der Waals surface area contributed by atoms with Gasteiger partial charge in [0.15, 0.2) is 0 Å². The van der Waals surface area contributed by atoms with Crippen molar-refractivity contribution in [3.63, 3.8) is 0 Å². The fourth-order valence-electron chi connectivity index (χ4n) is 3.06. The highest BCUT2D eigenvalue weighted by Crippen LogP contribution is 2.27. The summed E-state index contributed by atoms with van der Waals surface area (Å²) in [5.41, 5.74) is 3.01. The lowest BCUT2D eigenvalue weighted by atomic mass is 9.94. The fourth-order valence-corrected chi connectivity index (χ4v) is 3.06. The van der Waals surface area contributed by atoms with Gasteiger partial charge in [-0.15, -0.1) is 0 Å². The Labute approximate surface area is 130 Å². The number of rotatable bonds is 5. The van der Waals surface area contributed by atoms with E-state index in [9.17, 15) is 0 Å². The number of hydrogen-bond acceptors (Lipinski definition) is 5. The molecule has 118 valence electrons. The fraction of sp³-hybridized carbons (Fsp3) is 0.562. The van der Waals surface area contributed by atoms with Crippen molar-refractivity contribution in [3.8, 4) is 11.4 Å². The van der Waals surface area contributed by atoms with E-state index in [0.717, 1.165) is 49.1 Å². The van der Waals surface area contributed by atoms with Crippen LogP contribution in [0.3, 0.4) is 0 Å². The summed E-state index contributed by atoms with van der Waals surface area (Å²) in [6, 6.07) is 4.04. The second kappa shape index (κ2) is 6.98. The maximum Gasteiger partial charge on any atom is 0.126 e. The van der Waals surface area contributed by atoms with Crippen molar-refractivity contribution in [2.45, 2.75) is 25.7 Å². The first-order valence-electron chi connectivity index (χ1n) is 7.83. The number of likely N-dealkylation sites (tertiary alicyclic amines) is 1. The van der Waals surface area contributed by atoms with Gasteiger partial charge in [0.25, 0.3) is 0 Å². The first-order valence-corrected chi connectivity index (χ1v) is 7.83. The molecule has 0 amide bonds. The Morgan fingerprint density at radius 1 is 1.41 bits per heavy atom. The Morgan fingerprint density at radius 3 is 3.09 bits per heavy atom. The summed E-state index contributed by atoms with van der Waals surface area (Å²) < 4.78 is 5.19. The van der Waals surface area contributed by atoms with Crippen molar-refractivity contribution in [1.29, 1.82) is 0 Å². The molecule has 6 nitrogen and oxygen atoms in total. The van der Waals surface area contributed by atoms with E-state index in [-0.39, 0.29) is 0 Å². The lowest BCUT2D eigenvalue weighted by Crippen LogP contribution is -2.36. The van der Waals surface area contributed by atoms with Crippen LogP contribution >= 0.6 is 0 Å². The zero-order valence-corrected chi connectivity index (χ0v) is 13.2. The van der Waals surface area contributed by atoms with Gasteiger partial charge in [-0.3, -0.25) is 5.10 Å². The molecule has 3 rings (SSSR count). The predicted octanol–water partition coefficient (Wildman–Crippen LogP) is 2.00. The molecule has 0 bridgehead atoms. The first-order chi connectivity index (χ1) is 10.8. The van der Waals surface area contributed by atoms with Crippen LogP contribution in [0, 0.1) is 6.92 Å².